The lowest BCUT2D eigenvalue weighted by molar-refractivity contribution is -0.141. The number of imidazole rings is 1. The molecule has 1 amide bonds. The summed E-state index contributed by atoms with van der Waals surface area (Å²) >= 11 is 0. The van der Waals surface area contributed by atoms with E-state index in [1.54, 1.807) is 24.3 Å². The maximum Gasteiger partial charge on any atom is 0.306 e. The Morgan fingerprint density at radius 3 is 2.78 bits per heavy atom. The quantitative estimate of drug-likeness (QED) is 0.831. The zero-order chi connectivity index (χ0) is 13.1. The highest BCUT2D eigenvalue weighted by Gasteiger charge is 2.35. The number of carbonyl (C=O) groups excluding carboxylic acids is 1. The van der Waals surface area contributed by atoms with Gasteiger partial charge in [0.25, 0.3) is 0 Å². The van der Waals surface area contributed by atoms with E-state index in [0.29, 0.717) is 25.8 Å². The van der Waals surface area contributed by atoms with E-state index in [4.69, 9.17) is 5.11 Å². The summed E-state index contributed by atoms with van der Waals surface area (Å²) in [6.07, 6.45) is 5.07. The Labute approximate surface area is 105 Å². The fourth-order valence-electron chi connectivity index (χ4n) is 2.43. The molecule has 1 aliphatic rings. The molecular weight excluding hydrogens is 234 g/mol. The Balaban J connectivity index is 1.90. The van der Waals surface area contributed by atoms with Crippen LogP contribution in [0.15, 0.2) is 12.4 Å². The first kappa shape index (κ1) is 12.6. The lowest BCUT2D eigenvalue weighted by Crippen LogP contribution is -2.32. The molecule has 18 heavy (non-hydrogen) atoms. The lowest BCUT2D eigenvalue weighted by Gasteiger charge is -2.19. The number of H-pyrrole nitrogens is 1. The first-order valence-electron chi connectivity index (χ1n) is 6.04. The van der Waals surface area contributed by atoms with Crippen LogP contribution >= 0.6 is 0 Å². The van der Waals surface area contributed by atoms with Gasteiger partial charge in [0.2, 0.25) is 5.91 Å². The Morgan fingerprint density at radius 2 is 2.22 bits per heavy atom. The number of rotatable bonds is 4. The summed E-state index contributed by atoms with van der Waals surface area (Å²) in [6, 6.07) is 0. The average molecular weight is 251 g/mol. The van der Waals surface area contributed by atoms with E-state index in [2.05, 4.69) is 9.97 Å². The van der Waals surface area contributed by atoms with Crippen LogP contribution in [0, 0.1) is 11.8 Å². The molecule has 1 aromatic rings. The highest BCUT2D eigenvalue weighted by atomic mass is 16.4. The topological polar surface area (TPSA) is 86.3 Å². The molecule has 1 heterocycles. The summed E-state index contributed by atoms with van der Waals surface area (Å²) in [5.74, 6) is -0.574. The van der Waals surface area contributed by atoms with E-state index in [9.17, 15) is 9.59 Å². The summed E-state index contributed by atoms with van der Waals surface area (Å²) in [7, 11) is 1.72. The number of carbonyl (C=O) groups is 2. The van der Waals surface area contributed by atoms with Crippen LogP contribution in [0.1, 0.15) is 25.1 Å². The highest BCUT2D eigenvalue weighted by molar-refractivity contribution is 5.80. The molecule has 6 nitrogen and oxygen atoms in total. The van der Waals surface area contributed by atoms with Crippen molar-refractivity contribution in [2.75, 3.05) is 7.05 Å². The molecule has 2 N–H and O–H groups in total. The SMILES string of the molecule is CN(Cc1ncc[nH]1)C(=O)[C@@H]1CC[C@H](C(=O)O)C1. The van der Waals surface area contributed by atoms with E-state index < -0.39 is 5.97 Å². The van der Waals surface area contributed by atoms with Gasteiger partial charge in [-0.2, -0.15) is 0 Å². The Morgan fingerprint density at radius 1 is 1.50 bits per heavy atom. The molecule has 6 heteroatoms. The van der Waals surface area contributed by atoms with Crippen molar-refractivity contribution in [2.45, 2.75) is 25.8 Å². The van der Waals surface area contributed by atoms with Gasteiger partial charge in [0.1, 0.15) is 5.82 Å². The average Bonchev–Trinajstić information content (AvgIpc) is 2.98. The van der Waals surface area contributed by atoms with Crippen molar-refractivity contribution in [3.05, 3.63) is 18.2 Å². The van der Waals surface area contributed by atoms with Crippen LogP contribution in [0.5, 0.6) is 0 Å². The zero-order valence-electron chi connectivity index (χ0n) is 10.3. The van der Waals surface area contributed by atoms with Crippen molar-refractivity contribution >= 4 is 11.9 Å². The minimum absolute atomic E-state index is 0.00940. The van der Waals surface area contributed by atoms with Gasteiger partial charge in [-0.05, 0) is 19.3 Å². The summed E-state index contributed by atoms with van der Waals surface area (Å²) in [5, 5.41) is 8.92. The molecule has 0 aromatic carbocycles. The second-order valence-corrected chi connectivity index (χ2v) is 4.78. The van der Waals surface area contributed by atoms with Crippen LogP contribution in [0.2, 0.25) is 0 Å². The zero-order valence-corrected chi connectivity index (χ0v) is 10.3. The van der Waals surface area contributed by atoms with Gasteiger partial charge < -0.3 is 15.0 Å². The van der Waals surface area contributed by atoms with Gasteiger partial charge in [-0.25, -0.2) is 4.98 Å². The van der Waals surface area contributed by atoms with Gasteiger partial charge >= 0.3 is 5.97 Å². The predicted octanol–water partition coefficient (Wildman–Crippen LogP) is 0.869. The van der Waals surface area contributed by atoms with E-state index in [1.165, 1.54) is 0 Å². The largest absolute Gasteiger partial charge is 0.481 e. The number of aromatic nitrogens is 2. The van der Waals surface area contributed by atoms with Gasteiger partial charge in [-0.3, -0.25) is 9.59 Å². The van der Waals surface area contributed by atoms with Crippen LogP contribution in [0.25, 0.3) is 0 Å². The maximum absolute atomic E-state index is 12.1. The van der Waals surface area contributed by atoms with Gasteiger partial charge in [0.05, 0.1) is 12.5 Å². The van der Waals surface area contributed by atoms with E-state index >= 15 is 0 Å². The molecule has 0 saturated heterocycles. The fraction of sp³-hybridized carbons (Fsp3) is 0.583. The molecule has 0 radical (unpaired) electrons. The molecule has 0 bridgehead atoms. The monoisotopic (exact) mass is 251 g/mol. The predicted molar refractivity (Wildman–Crippen MR) is 63.5 cm³/mol. The number of aliphatic carboxylic acids is 1. The molecule has 1 aromatic heterocycles. The third-order valence-corrected chi connectivity index (χ3v) is 3.45. The van der Waals surface area contributed by atoms with Gasteiger partial charge in [-0.1, -0.05) is 0 Å². The van der Waals surface area contributed by atoms with Gasteiger partial charge in [0, 0.05) is 25.4 Å². The maximum atomic E-state index is 12.1. The molecule has 1 fully saturated rings. The minimum atomic E-state index is -0.793. The van der Waals surface area contributed by atoms with Gasteiger partial charge in [-0.15, -0.1) is 0 Å². The summed E-state index contributed by atoms with van der Waals surface area (Å²) in [6.45, 7) is 0.431. The molecule has 1 aliphatic carbocycles. The van der Waals surface area contributed by atoms with Crippen molar-refractivity contribution in [3.63, 3.8) is 0 Å². The molecule has 98 valence electrons. The van der Waals surface area contributed by atoms with Crippen LogP contribution in [0.4, 0.5) is 0 Å². The van der Waals surface area contributed by atoms with Gasteiger partial charge in [0.15, 0.2) is 0 Å². The lowest BCUT2D eigenvalue weighted by atomic mass is 10.0. The number of carboxylic acids is 1. The normalized spacial score (nSPS) is 22.9. The molecule has 2 atom stereocenters. The van der Waals surface area contributed by atoms with Crippen molar-refractivity contribution in [1.82, 2.24) is 14.9 Å². The third-order valence-electron chi connectivity index (χ3n) is 3.45. The van der Waals surface area contributed by atoms with Crippen molar-refractivity contribution in [2.24, 2.45) is 11.8 Å². The molecule has 2 rings (SSSR count). The fourth-order valence-corrected chi connectivity index (χ4v) is 2.43. The number of amides is 1. The molecule has 1 saturated carbocycles. The Hall–Kier alpha value is -1.85. The number of nitrogens with zero attached hydrogens (tertiary/aromatic N) is 2. The molecule has 0 spiro atoms. The summed E-state index contributed by atoms with van der Waals surface area (Å²) in [4.78, 5) is 31.6. The van der Waals surface area contributed by atoms with Crippen LogP contribution in [-0.2, 0) is 16.1 Å². The number of hydrogen-bond donors (Lipinski definition) is 2. The Kier molecular flexibility index (Phi) is 3.64. The summed E-state index contributed by atoms with van der Waals surface area (Å²) in [5.41, 5.74) is 0. The number of aromatic amines is 1. The number of nitrogens with one attached hydrogen (secondary N) is 1. The third kappa shape index (κ3) is 2.69. The van der Waals surface area contributed by atoms with Crippen LogP contribution in [-0.4, -0.2) is 38.9 Å². The smallest absolute Gasteiger partial charge is 0.306 e. The number of carboxylic acid groups (broad SMARTS) is 1. The van der Waals surface area contributed by atoms with Crippen molar-refractivity contribution in [3.8, 4) is 0 Å². The van der Waals surface area contributed by atoms with Crippen molar-refractivity contribution in [1.29, 1.82) is 0 Å². The first-order valence-corrected chi connectivity index (χ1v) is 6.04. The molecule has 0 aliphatic heterocycles. The van der Waals surface area contributed by atoms with Crippen LogP contribution in [0.3, 0.4) is 0 Å². The molecule has 0 unspecified atom stereocenters. The van der Waals surface area contributed by atoms with E-state index in [0.717, 1.165) is 5.82 Å². The van der Waals surface area contributed by atoms with E-state index in [1.807, 2.05) is 0 Å². The minimum Gasteiger partial charge on any atom is -0.481 e. The summed E-state index contributed by atoms with van der Waals surface area (Å²) < 4.78 is 0. The molecular formula is C12H17N3O3. The standard InChI is InChI=1S/C12H17N3O3/c1-15(7-10-13-4-5-14-10)11(16)8-2-3-9(6-8)12(17)18/h4-5,8-9H,2-3,6-7H2,1H3,(H,13,14)(H,17,18)/t8-,9+/m1/s1. The second-order valence-electron chi connectivity index (χ2n) is 4.78. The van der Waals surface area contributed by atoms with E-state index in [-0.39, 0.29) is 17.7 Å². The second kappa shape index (κ2) is 5.20. The Bertz CT molecular complexity index is 430. The highest BCUT2D eigenvalue weighted by Crippen LogP contribution is 2.32. The number of hydrogen-bond acceptors (Lipinski definition) is 3. The van der Waals surface area contributed by atoms with Crippen molar-refractivity contribution < 1.29 is 14.7 Å². The van der Waals surface area contributed by atoms with Crippen LogP contribution < -0.4 is 0 Å². The first-order chi connectivity index (χ1) is 8.58.